The second kappa shape index (κ2) is 4.76. The van der Waals surface area contributed by atoms with Crippen molar-refractivity contribution in [3.63, 3.8) is 0 Å². The van der Waals surface area contributed by atoms with E-state index in [1.807, 2.05) is 0 Å². The first-order valence-electron chi connectivity index (χ1n) is 2.39. The Labute approximate surface area is 64.0 Å². The van der Waals surface area contributed by atoms with Gasteiger partial charge in [-0.05, 0) is 6.92 Å². The van der Waals surface area contributed by atoms with Crippen molar-refractivity contribution in [3.05, 3.63) is 0 Å². The average molecular weight is 164 g/mol. The molecule has 0 saturated heterocycles. The Kier molecular flexibility index (Phi) is 4.71. The van der Waals surface area contributed by atoms with E-state index in [9.17, 15) is 4.79 Å². The summed E-state index contributed by atoms with van der Waals surface area (Å²) >= 11 is 5.80. The highest BCUT2D eigenvalue weighted by Gasteiger charge is 2.10. The lowest BCUT2D eigenvalue weighted by Crippen LogP contribution is -2.14. The van der Waals surface area contributed by atoms with Crippen LogP contribution in [0.1, 0.15) is 6.92 Å². The number of thioether (sulfide) groups is 1. The maximum Gasteiger partial charge on any atom is 0.318 e. The quantitative estimate of drug-likeness (QED) is 0.463. The molecule has 2 nitrogen and oxygen atoms in total. The molecule has 0 rings (SSSR count). The number of hydrogen-bond acceptors (Lipinski definition) is 4. The van der Waals surface area contributed by atoms with Gasteiger partial charge in [-0.3, -0.25) is 4.79 Å². The Morgan fingerprint density at radius 1 is 1.89 bits per heavy atom. The number of rotatable bonds is 3. The monoisotopic (exact) mass is 164 g/mol. The van der Waals surface area contributed by atoms with Crippen molar-refractivity contribution in [3.8, 4) is 0 Å². The van der Waals surface area contributed by atoms with Gasteiger partial charge in [-0.15, -0.1) is 11.8 Å². The average Bonchev–Trinajstić information content (AvgIpc) is 1.87. The van der Waals surface area contributed by atoms with Crippen molar-refractivity contribution in [2.24, 2.45) is 0 Å². The van der Waals surface area contributed by atoms with E-state index in [0.717, 1.165) is 0 Å². The molecule has 0 bridgehead atoms. The highest BCUT2D eigenvalue weighted by Crippen LogP contribution is 2.07. The summed E-state index contributed by atoms with van der Waals surface area (Å²) in [6.45, 7) is 1.75. The maximum absolute atomic E-state index is 10.6. The molecule has 0 N–H and O–H groups in total. The van der Waals surface area contributed by atoms with Crippen LogP contribution < -0.4 is 0 Å². The van der Waals surface area contributed by atoms with Crippen molar-refractivity contribution >= 4 is 34.6 Å². The number of hydrogen-bond donors (Lipinski definition) is 0. The van der Waals surface area contributed by atoms with Crippen LogP contribution in [0.25, 0.3) is 0 Å². The topological polar surface area (TPSA) is 26.3 Å². The zero-order valence-electron chi connectivity index (χ0n) is 5.29. The summed E-state index contributed by atoms with van der Waals surface area (Å²) in [5, 5.41) is -0.174. The molecule has 0 fully saturated rings. The number of carbonyl (C=O) groups excluding carboxylic acids is 1. The molecule has 0 aromatic carbocycles. The Hall–Kier alpha value is -0.0900. The van der Waals surface area contributed by atoms with Gasteiger partial charge >= 0.3 is 5.97 Å². The third-order valence-electron chi connectivity index (χ3n) is 0.793. The second-order valence-corrected chi connectivity index (χ2v) is 3.15. The van der Waals surface area contributed by atoms with Crippen LogP contribution in [0.3, 0.4) is 0 Å². The van der Waals surface area contributed by atoms with Gasteiger partial charge in [-0.2, -0.15) is 0 Å². The summed E-state index contributed by atoms with van der Waals surface area (Å²) in [7, 11) is 1.36. The molecule has 0 aliphatic rings. The van der Waals surface area contributed by atoms with Crippen molar-refractivity contribution < 1.29 is 9.53 Å². The predicted octanol–water partition coefficient (Wildman–Crippen LogP) is 1.24. The van der Waals surface area contributed by atoms with Crippen molar-refractivity contribution in [1.29, 1.82) is 0 Å². The molecular weight excluding hydrogens is 156 g/mol. The van der Waals surface area contributed by atoms with Crippen LogP contribution >= 0.6 is 24.0 Å². The summed E-state index contributed by atoms with van der Waals surface area (Å²) in [6.07, 6.45) is 0. The fourth-order valence-electron chi connectivity index (χ4n) is 0.305. The molecular formula is C5H8O2S2. The van der Waals surface area contributed by atoms with Gasteiger partial charge in [0.1, 0.15) is 5.25 Å². The lowest BCUT2D eigenvalue weighted by Gasteiger charge is -2.02. The van der Waals surface area contributed by atoms with E-state index >= 15 is 0 Å². The third-order valence-corrected chi connectivity index (χ3v) is 1.84. The zero-order valence-corrected chi connectivity index (χ0v) is 6.92. The normalized spacial score (nSPS) is 12.2. The van der Waals surface area contributed by atoms with E-state index in [1.54, 1.807) is 6.92 Å². The first-order chi connectivity index (χ1) is 4.22. The van der Waals surface area contributed by atoms with Gasteiger partial charge in [-0.25, -0.2) is 0 Å². The Morgan fingerprint density at radius 3 is 2.78 bits per heavy atom. The summed E-state index contributed by atoms with van der Waals surface area (Å²) in [5.74, 6) is -0.235. The fourth-order valence-corrected chi connectivity index (χ4v) is 1.18. The number of carbonyl (C=O) groups is 1. The van der Waals surface area contributed by atoms with Gasteiger partial charge in [-0.1, -0.05) is 12.2 Å². The molecule has 0 aliphatic heterocycles. The summed E-state index contributed by atoms with van der Waals surface area (Å²) in [6, 6.07) is 0. The summed E-state index contributed by atoms with van der Waals surface area (Å²) < 4.78 is 5.90. The highest BCUT2D eigenvalue weighted by atomic mass is 32.2. The van der Waals surface area contributed by atoms with Crippen LogP contribution in [0.15, 0.2) is 0 Å². The van der Waals surface area contributed by atoms with E-state index < -0.39 is 0 Å². The van der Waals surface area contributed by atoms with Crippen molar-refractivity contribution in [2.45, 2.75) is 12.2 Å². The van der Waals surface area contributed by atoms with Gasteiger partial charge in [0.05, 0.1) is 7.11 Å². The molecule has 9 heavy (non-hydrogen) atoms. The molecule has 0 radical (unpaired) electrons. The number of esters is 1. The standard InChI is InChI=1S/C5H8O2S2/c1-4(9-3-8)5(6)7-2/h3-4H,1-2H3. The lowest BCUT2D eigenvalue weighted by molar-refractivity contribution is -0.139. The van der Waals surface area contributed by atoms with Crippen LogP contribution in [-0.4, -0.2) is 23.0 Å². The molecule has 0 aliphatic carbocycles. The van der Waals surface area contributed by atoms with Crippen molar-refractivity contribution in [1.82, 2.24) is 0 Å². The van der Waals surface area contributed by atoms with Gasteiger partial charge in [0.15, 0.2) is 0 Å². The van der Waals surface area contributed by atoms with Gasteiger partial charge in [0.25, 0.3) is 0 Å². The van der Waals surface area contributed by atoms with Crippen LogP contribution in [-0.2, 0) is 9.53 Å². The number of ether oxygens (including phenoxy) is 1. The molecule has 0 aromatic rings. The van der Waals surface area contributed by atoms with Crippen LogP contribution in [0.5, 0.6) is 0 Å². The number of methoxy groups -OCH3 is 1. The molecule has 1 unspecified atom stereocenters. The molecule has 0 spiro atoms. The predicted molar refractivity (Wildman–Crippen MR) is 42.7 cm³/mol. The Morgan fingerprint density at radius 2 is 2.44 bits per heavy atom. The first-order valence-corrected chi connectivity index (χ1v) is 3.80. The van der Waals surface area contributed by atoms with Crippen LogP contribution in [0, 0.1) is 0 Å². The zero-order chi connectivity index (χ0) is 7.28. The molecule has 0 aromatic heterocycles. The van der Waals surface area contributed by atoms with E-state index in [-0.39, 0.29) is 11.2 Å². The minimum atomic E-state index is -0.235. The largest absolute Gasteiger partial charge is 0.468 e. The minimum Gasteiger partial charge on any atom is -0.468 e. The van der Waals surface area contributed by atoms with Crippen molar-refractivity contribution in [2.75, 3.05) is 7.11 Å². The van der Waals surface area contributed by atoms with Crippen LogP contribution in [0.2, 0.25) is 0 Å². The van der Waals surface area contributed by atoms with Gasteiger partial charge in [0.2, 0.25) is 0 Å². The van der Waals surface area contributed by atoms with Gasteiger partial charge < -0.3 is 4.74 Å². The summed E-state index contributed by atoms with van der Waals surface area (Å²) in [4.78, 5) is 10.6. The first kappa shape index (κ1) is 8.91. The summed E-state index contributed by atoms with van der Waals surface area (Å²) in [5.41, 5.74) is 0. The molecule has 4 heteroatoms. The van der Waals surface area contributed by atoms with E-state index in [2.05, 4.69) is 17.0 Å². The molecule has 1 atom stereocenters. The Bertz CT molecular complexity index is 114. The van der Waals surface area contributed by atoms with E-state index in [4.69, 9.17) is 0 Å². The maximum atomic E-state index is 10.6. The molecule has 52 valence electrons. The fraction of sp³-hybridized carbons (Fsp3) is 0.600. The van der Waals surface area contributed by atoms with E-state index in [1.165, 1.54) is 23.6 Å². The highest BCUT2D eigenvalue weighted by molar-refractivity contribution is 8.21. The number of thiocarbonyl (C=S) groups is 1. The molecule has 0 heterocycles. The Balaban J connectivity index is 3.58. The van der Waals surface area contributed by atoms with Crippen LogP contribution in [0.4, 0.5) is 0 Å². The third kappa shape index (κ3) is 3.48. The minimum absolute atomic E-state index is 0.174. The second-order valence-electron chi connectivity index (χ2n) is 1.40. The SMILES string of the molecule is COC(=O)C(C)SC=S. The lowest BCUT2D eigenvalue weighted by atomic mass is 10.5. The van der Waals surface area contributed by atoms with E-state index in [0.29, 0.717) is 0 Å². The smallest absolute Gasteiger partial charge is 0.318 e. The van der Waals surface area contributed by atoms with Gasteiger partial charge in [0, 0.05) is 4.70 Å². The molecule has 0 saturated carbocycles. The molecule has 0 amide bonds.